The summed E-state index contributed by atoms with van der Waals surface area (Å²) in [5.41, 5.74) is 1.60. The van der Waals surface area contributed by atoms with Crippen molar-refractivity contribution in [3.05, 3.63) is 101 Å². The lowest BCUT2D eigenvalue weighted by Crippen LogP contribution is -2.49. The lowest BCUT2D eigenvalue weighted by Gasteiger charge is -2.33. The largest absolute Gasteiger partial charge is 0.438 e. The van der Waals surface area contributed by atoms with Crippen LogP contribution in [0, 0.1) is 11.6 Å². The maximum atomic E-state index is 14.0. The molecule has 0 spiro atoms. The van der Waals surface area contributed by atoms with Crippen LogP contribution >= 0.6 is 0 Å². The minimum atomic E-state index is -0.899. The van der Waals surface area contributed by atoms with Gasteiger partial charge in [0.1, 0.15) is 11.6 Å². The molecule has 7 nitrogen and oxygen atoms in total. The van der Waals surface area contributed by atoms with Gasteiger partial charge in [0, 0.05) is 18.8 Å². The van der Waals surface area contributed by atoms with Crippen LogP contribution in [0.3, 0.4) is 0 Å². The molecular formula is C29H27F2N3O4. The molecule has 0 bridgehead atoms. The van der Waals surface area contributed by atoms with E-state index in [-0.39, 0.29) is 18.0 Å². The van der Waals surface area contributed by atoms with Crippen LogP contribution in [0.1, 0.15) is 46.9 Å². The van der Waals surface area contributed by atoms with Gasteiger partial charge in [0.2, 0.25) is 5.91 Å². The molecule has 2 heterocycles. The molecule has 3 aromatic carbocycles. The van der Waals surface area contributed by atoms with Crippen LogP contribution in [0.25, 0.3) is 0 Å². The second kappa shape index (κ2) is 11.0. The summed E-state index contributed by atoms with van der Waals surface area (Å²) in [4.78, 5) is 42.3. The van der Waals surface area contributed by atoms with Gasteiger partial charge in [-0.2, -0.15) is 0 Å². The Morgan fingerprint density at radius 2 is 1.58 bits per heavy atom. The van der Waals surface area contributed by atoms with Crippen LogP contribution in [-0.4, -0.2) is 46.8 Å². The molecule has 0 saturated carbocycles. The van der Waals surface area contributed by atoms with Gasteiger partial charge in [-0.15, -0.1) is 0 Å². The van der Waals surface area contributed by atoms with E-state index in [0.717, 1.165) is 19.3 Å². The number of nitrogens with one attached hydrogen (secondary N) is 1. The Balaban J connectivity index is 1.38. The number of likely N-dealkylation sites (tertiary alicyclic amines) is 1. The molecule has 2 saturated heterocycles. The predicted octanol–water partition coefficient (Wildman–Crippen LogP) is 5.29. The summed E-state index contributed by atoms with van der Waals surface area (Å²) in [7, 11) is 0. The summed E-state index contributed by atoms with van der Waals surface area (Å²) >= 11 is 0. The number of piperidine rings is 1. The summed E-state index contributed by atoms with van der Waals surface area (Å²) in [5.74, 6) is -1.80. The zero-order chi connectivity index (χ0) is 26.6. The summed E-state index contributed by atoms with van der Waals surface area (Å²) in [6, 6.07) is 17.1. The van der Waals surface area contributed by atoms with E-state index in [1.165, 1.54) is 35.2 Å². The van der Waals surface area contributed by atoms with Crippen LogP contribution < -0.4 is 5.32 Å². The van der Waals surface area contributed by atoms with Gasteiger partial charge < -0.3 is 15.0 Å². The first kappa shape index (κ1) is 25.4. The number of carbonyl (C=O) groups excluding carboxylic acids is 3. The number of carbonyl (C=O) groups is 3. The summed E-state index contributed by atoms with van der Waals surface area (Å²) < 4.78 is 33.1. The smallest absolute Gasteiger partial charge is 0.411 e. The van der Waals surface area contributed by atoms with Crippen molar-refractivity contribution in [3.8, 4) is 0 Å². The second-order valence-electron chi connectivity index (χ2n) is 9.45. The van der Waals surface area contributed by atoms with Crippen molar-refractivity contribution < 1.29 is 27.9 Å². The van der Waals surface area contributed by atoms with Crippen molar-refractivity contribution in [2.45, 2.75) is 38.0 Å². The van der Waals surface area contributed by atoms with Gasteiger partial charge in [-0.05, 0) is 66.8 Å². The molecule has 38 heavy (non-hydrogen) atoms. The van der Waals surface area contributed by atoms with Crippen LogP contribution in [0.15, 0.2) is 72.8 Å². The molecule has 2 aliphatic rings. The molecule has 2 unspecified atom stereocenters. The predicted molar refractivity (Wildman–Crippen MR) is 136 cm³/mol. The van der Waals surface area contributed by atoms with Gasteiger partial charge in [-0.3, -0.25) is 14.5 Å². The van der Waals surface area contributed by atoms with Crippen LogP contribution in [0.5, 0.6) is 0 Å². The van der Waals surface area contributed by atoms with Gasteiger partial charge in [0.15, 0.2) is 12.1 Å². The fourth-order valence-electron chi connectivity index (χ4n) is 4.88. The first-order valence-electron chi connectivity index (χ1n) is 12.6. The molecule has 9 heteroatoms. The number of cyclic esters (lactones) is 1. The zero-order valence-corrected chi connectivity index (χ0v) is 20.6. The average molecular weight is 520 g/mol. The van der Waals surface area contributed by atoms with Crippen LogP contribution in [-0.2, 0) is 16.1 Å². The number of ether oxygens (including phenoxy) is 1. The van der Waals surface area contributed by atoms with E-state index in [1.54, 1.807) is 47.4 Å². The SMILES string of the molecule is O=C(Nc1ccc(C2OC(=O)N(Cc3ccc(F)cc3)C2C(=O)N2CCCCC2)cc1)c1ccccc1F. The highest BCUT2D eigenvalue weighted by atomic mass is 19.1. The quantitative estimate of drug-likeness (QED) is 0.480. The Hall–Kier alpha value is -4.27. The number of anilines is 1. The average Bonchev–Trinajstić information content (AvgIpc) is 3.26. The van der Waals surface area contributed by atoms with E-state index in [9.17, 15) is 23.2 Å². The summed E-state index contributed by atoms with van der Waals surface area (Å²) in [6.45, 7) is 1.32. The van der Waals surface area contributed by atoms with E-state index in [0.29, 0.717) is 29.9 Å². The van der Waals surface area contributed by atoms with Crippen molar-refractivity contribution in [1.29, 1.82) is 0 Å². The monoisotopic (exact) mass is 519 g/mol. The number of nitrogens with zero attached hydrogens (tertiary/aromatic N) is 2. The van der Waals surface area contributed by atoms with E-state index in [2.05, 4.69) is 5.32 Å². The number of hydrogen-bond donors (Lipinski definition) is 1. The van der Waals surface area contributed by atoms with E-state index < -0.39 is 35.8 Å². The standard InChI is InChI=1S/C29H27F2N3O4/c30-21-12-8-19(9-13-21)18-34-25(28(36)33-16-4-1-5-17-33)26(38-29(34)37)20-10-14-22(15-11-20)32-27(35)23-6-2-3-7-24(23)31/h2-3,6-15,25-26H,1,4-5,16-18H2,(H,32,35). The number of hydrogen-bond acceptors (Lipinski definition) is 4. The molecule has 3 amide bonds. The Kier molecular flexibility index (Phi) is 7.35. The molecule has 0 radical (unpaired) electrons. The summed E-state index contributed by atoms with van der Waals surface area (Å²) in [5, 5.41) is 2.65. The van der Waals surface area contributed by atoms with Crippen LogP contribution in [0.4, 0.5) is 19.3 Å². The summed E-state index contributed by atoms with van der Waals surface area (Å²) in [6.07, 6.45) is 1.34. The molecule has 1 N–H and O–H groups in total. The number of benzene rings is 3. The molecule has 196 valence electrons. The van der Waals surface area contributed by atoms with E-state index in [1.807, 2.05) is 0 Å². The van der Waals surface area contributed by atoms with Crippen molar-refractivity contribution in [2.75, 3.05) is 18.4 Å². The topological polar surface area (TPSA) is 79.0 Å². The molecule has 2 atom stereocenters. The van der Waals surface area contributed by atoms with Crippen molar-refractivity contribution >= 4 is 23.6 Å². The Labute approximate surface area is 219 Å². The molecular weight excluding hydrogens is 492 g/mol. The minimum Gasteiger partial charge on any atom is -0.438 e. The van der Waals surface area contributed by atoms with E-state index >= 15 is 0 Å². The maximum absolute atomic E-state index is 14.0. The Morgan fingerprint density at radius 1 is 0.895 bits per heavy atom. The minimum absolute atomic E-state index is 0.0788. The van der Waals surface area contributed by atoms with Gasteiger partial charge in [-0.25, -0.2) is 13.6 Å². The first-order chi connectivity index (χ1) is 18.4. The van der Waals surface area contributed by atoms with Gasteiger partial charge in [0.25, 0.3) is 5.91 Å². The Bertz CT molecular complexity index is 1320. The third-order valence-electron chi connectivity index (χ3n) is 6.89. The molecule has 2 fully saturated rings. The van der Waals surface area contributed by atoms with Crippen molar-refractivity contribution in [2.24, 2.45) is 0 Å². The van der Waals surface area contributed by atoms with Gasteiger partial charge in [-0.1, -0.05) is 36.4 Å². The number of halogens is 2. The van der Waals surface area contributed by atoms with E-state index in [4.69, 9.17) is 4.74 Å². The lowest BCUT2D eigenvalue weighted by molar-refractivity contribution is -0.137. The zero-order valence-electron chi connectivity index (χ0n) is 20.6. The number of amides is 3. The van der Waals surface area contributed by atoms with Crippen molar-refractivity contribution in [3.63, 3.8) is 0 Å². The Morgan fingerprint density at radius 3 is 2.26 bits per heavy atom. The molecule has 0 aromatic heterocycles. The fourth-order valence-corrected chi connectivity index (χ4v) is 4.88. The van der Waals surface area contributed by atoms with Crippen molar-refractivity contribution in [1.82, 2.24) is 9.80 Å². The normalized spacial score (nSPS) is 19.3. The van der Waals surface area contributed by atoms with Gasteiger partial charge >= 0.3 is 6.09 Å². The maximum Gasteiger partial charge on any atom is 0.411 e. The fraction of sp³-hybridized carbons (Fsp3) is 0.276. The highest BCUT2D eigenvalue weighted by Gasteiger charge is 2.48. The third kappa shape index (κ3) is 5.37. The van der Waals surface area contributed by atoms with Crippen LogP contribution in [0.2, 0.25) is 0 Å². The number of rotatable bonds is 6. The second-order valence-corrected chi connectivity index (χ2v) is 9.45. The highest BCUT2D eigenvalue weighted by molar-refractivity contribution is 6.04. The third-order valence-corrected chi connectivity index (χ3v) is 6.89. The molecule has 2 aliphatic heterocycles. The highest BCUT2D eigenvalue weighted by Crippen LogP contribution is 2.36. The first-order valence-corrected chi connectivity index (χ1v) is 12.6. The molecule has 5 rings (SSSR count). The molecule has 3 aromatic rings. The van der Waals surface area contributed by atoms with Gasteiger partial charge in [0.05, 0.1) is 12.1 Å². The lowest BCUT2D eigenvalue weighted by atomic mass is 9.98. The molecule has 0 aliphatic carbocycles.